The lowest BCUT2D eigenvalue weighted by atomic mass is 9.98. The van der Waals surface area contributed by atoms with Crippen LogP contribution in [-0.2, 0) is 4.74 Å². The number of carbonyl (C=O) groups is 1. The molecular formula is C17H14O6. The Labute approximate surface area is 132 Å². The average Bonchev–Trinajstić information content (AvgIpc) is 3.16. The third kappa shape index (κ3) is 2.06. The third-order valence-electron chi connectivity index (χ3n) is 3.98. The van der Waals surface area contributed by atoms with Crippen LogP contribution in [0, 0.1) is 0 Å². The van der Waals surface area contributed by atoms with Crippen LogP contribution in [0.25, 0.3) is 0 Å². The van der Waals surface area contributed by atoms with Crippen molar-refractivity contribution < 1.29 is 28.5 Å². The van der Waals surface area contributed by atoms with Gasteiger partial charge in [0.25, 0.3) is 0 Å². The highest BCUT2D eigenvalue weighted by Crippen LogP contribution is 2.44. The molecule has 1 unspecified atom stereocenters. The Balaban J connectivity index is 1.79. The third-order valence-corrected chi connectivity index (χ3v) is 3.98. The number of fused-ring (bicyclic) bond motifs is 2. The highest BCUT2D eigenvalue weighted by Gasteiger charge is 2.35. The second-order valence-electron chi connectivity index (χ2n) is 5.19. The van der Waals surface area contributed by atoms with Gasteiger partial charge in [0.1, 0.15) is 0 Å². The summed E-state index contributed by atoms with van der Waals surface area (Å²) in [5.74, 6) is 2.00. The first kappa shape index (κ1) is 13.8. The van der Waals surface area contributed by atoms with Gasteiger partial charge in [0.05, 0.1) is 19.8 Å². The molecule has 4 rings (SSSR count). The molecule has 0 fully saturated rings. The van der Waals surface area contributed by atoms with E-state index in [0.717, 1.165) is 11.1 Å². The van der Waals surface area contributed by atoms with Crippen molar-refractivity contribution in [3.05, 3.63) is 47.0 Å². The van der Waals surface area contributed by atoms with E-state index in [-0.39, 0.29) is 12.8 Å². The van der Waals surface area contributed by atoms with Gasteiger partial charge >= 0.3 is 5.97 Å². The van der Waals surface area contributed by atoms with E-state index in [0.29, 0.717) is 28.6 Å². The van der Waals surface area contributed by atoms with Crippen LogP contribution < -0.4 is 18.9 Å². The van der Waals surface area contributed by atoms with Crippen molar-refractivity contribution in [1.29, 1.82) is 0 Å². The molecule has 6 nitrogen and oxygen atoms in total. The van der Waals surface area contributed by atoms with Gasteiger partial charge in [0.15, 0.2) is 29.1 Å². The Morgan fingerprint density at radius 1 is 1.00 bits per heavy atom. The number of hydrogen-bond donors (Lipinski definition) is 0. The number of cyclic esters (lactones) is 1. The van der Waals surface area contributed by atoms with Crippen LogP contribution in [0.5, 0.6) is 23.0 Å². The molecule has 0 aliphatic carbocycles. The fourth-order valence-corrected chi connectivity index (χ4v) is 2.85. The summed E-state index contributed by atoms with van der Waals surface area (Å²) < 4.78 is 26.8. The molecular weight excluding hydrogens is 300 g/mol. The Hall–Kier alpha value is -2.89. The van der Waals surface area contributed by atoms with Crippen molar-refractivity contribution in [2.75, 3.05) is 21.0 Å². The number of carbonyl (C=O) groups excluding carboxylic acids is 1. The number of esters is 1. The number of methoxy groups -OCH3 is 2. The molecule has 1 atom stereocenters. The Morgan fingerprint density at radius 2 is 1.74 bits per heavy atom. The van der Waals surface area contributed by atoms with Crippen LogP contribution in [0.2, 0.25) is 0 Å². The van der Waals surface area contributed by atoms with Gasteiger partial charge in [0.2, 0.25) is 6.79 Å². The van der Waals surface area contributed by atoms with E-state index in [9.17, 15) is 4.79 Å². The zero-order chi connectivity index (χ0) is 16.0. The molecule has 0 saturated heterocycles. The summed E-state index contributed by atoms with van der Waals surface area (Å²) in [6.45, 7) is 0.161. The maximum absolute atomic E-state index is 12.2. The second kappa shape index (κ2) is 5.08. The lowest BCUT2D eigenvalue weighted by molar-refractivity contribution is 0.0454. The van der Waals surface area contributed by atoms with E-state index in [2.05, 4.69) is 0 Å². The lowest BCUT2D eigenvalue weighted by Crippen LogP contribution is -2.02. The van der Waals surface area contributed by atoms with Gasteiger partial charge in [-0.3, -0.25) is 0 Å². The normalized spacial score (nSPS) is 17.7. The number of hydrogen-bond acceptors (Lipinski definition) is 6. The van der Waals surface area contributed by atoms with Crippen LogP contribution in [0.1, 0.15) is 27.6 Å². The van der Waals surface area contributed by atoms with Crippen molar-refractivity contribution in [2.24, 2.45) is 0 Å². The Morgan fingerprint density at radius 3 is 2.48 bits per heavy atom. The molecule has 2 aromatic carbocycles. The molecule has 0 aromatic heterocycles. The molecule has 0 amide bonds. The van der Waals surface area contributed by atoms with E-state index >= 15 is 0 Å². The number of ether oxygens (including phenoxy) is 5. The molecule has 118 valence electrons. The fraction of sp³-hybridized carbons (Fsp3) is 0.235. The summed E-state index contributed by atoms with van der Waals surface area (Å²) in [6.07, 6.45) is -0.508. The van der Waals surface area contributed by atoms with Gasteiger partial charge in [0, 0.05) is 11.1 Å². The highest BCUT2D eigenvalue weighted by atomic mass is 16.7. The summed E-state index contributed by atoms with van der Waals surface area (Å²) in [7, 11) is 3.14. The topological polar surface area (TPSA) is 63.2 Å². The zero-order valence-corrected chi connectivity index (χ0v) is 12.6. The molecule has 0 N–H and O–H groups in total. The van der Waals surface area contributed by atoms with Crippen molar-refractivity contribution in [1.82, 2.24) is 0 Å². The van der Waals surface area contributed by atoms with E-state index in [4.69, 9.17) is 23.7 Å². The SMILES string of the molecule is COc1ccc(C2OC(=O)c3cc4c(cc32)OCO4)cc1OC. The van der Waals surface area contributed by atoms with Gasteiger partial charge in [-0.05, 0) is 24.3 Å². The van der Waals surface area contributed by atoms with Crippen LogP contribution in [0.4, 0.5) is 0 Å². The van der Waals surface area contributed by atoms with Gasteiger partial charge in [-0.1, -0.05) is 6.07 Å². The quantitative estimate of drug-likeness (QED) is 0.812. The van der Waals surface area contributed by atoms with E-state index in [1.54, 1.807) is 38.5 Å². The average molecular weight is 314 g/mol. The molecule has 23 heavy (non-hydrogen) atoms. The first-order valence-electron chi connectivity index (χ1n) is 7.07. The first-order chi connectivity index (χ1) is 11.2. The molecule has 2 aliphatic rings. The van der Waals surface area contributed by atoms with Gasteiger partial charge in [-0.25, -0.2) is 4.79 Å². The first-order valence-corrected chi connectivity index (χ1v) is 7.07. The Bertz CT molecular complexity index is 798. The van der Waals surface area contributed by atoms with Gasteiger partial charge in [-0.15, -0.1) is 0 Å². The van der Waals surface area contributed by atoms with Gasteiger partial charge < -0.3 is 23.7 Å². The summed E-state index contributed by atoms with van der Waals surface area (Å²) in [4.78, 5) is 12.2. The van der Waals surface area contributed by atoms with Crippen LogP contribution in [0.15, 0.2) is 30.3 Å². The van der Waals surface area contributed by atoms with E-state index in [1.807, 2.05) is 6.07 Å². The summed E-state index contributed by atoms with van der Waals surface area (Å²) in [5, 5.41) is 0. The number of rotatable bonds is 3. The largest absolute Gasteiger partial charge is 0.493 e. The smallest absolute Gasteiger partial charge is 0.339 e. The minimum Gasteiger partial charge on any atom is -0.493 e. The minimum atomic E-state index is -0.508. The zero-order valence-electron chi connectivity index (χ0n) is 12.6. The maximum Gasteiger partial charge on any atom is 0.339 e. The fourth-order valence-electron chi connectivity index (χ4n) is 2.85. The Kier molecular flexibility index (Phi) is 3.04. The molecule has 0 saturated carbocycles. The molecule has 2 aliphatic heterocycles. The number of benzene rings is 2. The van der Waals surface area contributed by atoms with Gasteiger partial charge in [-0.2, -0.15) is 0 Å². The van der Waals surface area contributed by atoms with Crippen molar-refractivity contribution in [2.45, 2.75) is 6.10 Å². The predicted molar refractivity (Wildman–Crippen MR) is 79.4 cm³/mol. The minimum absolute atomic E-state index is 0.161. The standard InChI is InChI=1S/C17H14O6/c1-19-12-4-3-9(5-13(12)20-2)16-10-6-14-15(22-8-21-14)7-11(10)17(18)23-16/h3-7,16H,8H2,1-2H3. The monoisotopic (exact) mass is 314 g/mol. The molecule has 0 spiro atoms. The maximum atomic E-state index is 12.2. The van der Waals surface area contributed by atoms with Crippen LogP contribution >= 0.6 is 0 Å². The van der Waals surface area contributed by atoms with Crippen LogP contribution in [0.3, 0.4) is 0 Å². The van der Waals surface area contributed by atoms with E-state index < -0.39 is 6.10 Å². The van der Waals surface area contributed by atoms with Crippen molar-refractivity contribution >= 4 is 5.97 Å². The summed E-state index contributed by atoms with van der Waals surface area (Å²) >= 11 is 0. The molecule has 0 bridgehead atoms. The summed E-state index contributed by atoms with van der Waals surface area (Å²) in [6, 6.07) is 8.90. The highest BCUT2D eigenvalue weighted by molar-refractivity contribution is 5.95. The summed E-state index contributed by atoms with van der Waals surface area (Å²) in [5.41, 5.74) is 2.05. The molecule has 2 heterocycles. The van der Waals surface area contributed by atoms with Crippen molar-refractivity contribution in [3.8, 4) is 23.0 Å². The molecule has 2 aromatic rings. The second-order valence-corrected chi connectivity index (χ2v) is 5.19. The molecule has 0 radical (unpaired) electrons. The predicted octanol–water partition coefficient (Wildman–Crippen LogP) is 2.69. The lowest BCUT2D eigenvalue weighted by Gasteiger charge is -2.14. The van der Waals surface area contributed by atoms with Crippen molar-refractivity contribution in [3.63, 3.8) is 0 Å². The van der Waals surface area contributed by atoms with E-state index in [1.165, 1.54) is 0 Å². The van der Waals surface area contributed by atoms with Crippen LogP contribution in [-0.4, -0.2) is 27.0 Å². The molecule has 6 heteroatoms.